The highest BCUT2D eigenvalue weighted by molar-refractivity contribution is 5.73. The number of hydrogen-bond donors (Lipinski definition) is 1. The van der Waals surface area contributed by atoms with Crippen LogP contribution in [0, 0.1) is 0 Å². The van der Waals surface area contributed by atoms with Crippen molar-refractivity contribution in [3.05, 3.63) is 54.9 Å². The predicted octanol–water partition coefficient (Wildman–Crippen LogP) is 2.58. The zero-order valence-electron chi connectivity index (χ0n) is 8.67. The number of para-hydroxylation sites is 1. The van der Waals surface area contributed by atoms with Gasteiger partial charge in [0.25, 0.3) is 0 Å². The number of aromatic nitrogens is 2. The molecule has 0 aliphatic heterocycles. The Morgan fingerprint density at radius 3 is 2.69 bits per heavy atom. The van der Waals surface area contributed by atoms with E-state index >= 15 is 0 Å². The van der Waals surface area contributed by atoms with Crippen LogP contribution in [0.3, 0.4) is 0 Å². The minimum Gasteiger partial charge on any atom is -0.398 e. The van der Waals surface area contributed by atoms with Crippen molar-refractivity contribution in [1.29, 1.82) is 0 Å². The number of nitrogen functional groups attached to an aromatic ring is 1. The number of hydrogen-bond acceptors (Lipinski definition) is 2. The van der Waals surface area contributed by atoms with Gasteiger partial charge in [-0.15, -0.1) is 0 Å². The molecule has 2 heterocycles. The van der Waals surface area contributed by atoms with Gasteiger partial charge in [0.1, 0.15) is 5.82 Å². The molecule has 0 aliphatic carbocycles. The number of pyridine rings is 1. The second-order valence-electron chi connectivity index (χ2n) is 3.66. The van der Waals surface area contributed by atoms with Crippen LogP contribution in [0.2, 0.25) is 0 Å². The largest absolute Gasteiger partial charge is 0.398 e. The Kier molecular flexibility index (Phi) is 1.90. The Balaban J connectivity index is 2.31. The quantitative estimate of drug-likeness (QED) is 0.626. The highest BCUT2D eigenvalue weighted by Gasteiger charge is 2.07. The summed E-state index contributed by atoms with van der Waals surface area (Å²) >= 11 is 0. The zero-order chi connectivity index (χ0) is 11.0. The predicted molar refractivity (Wildman–Crippen MR) is 65.0 cm³/mol. The lowest BCUT2D eigenvalue weighted by Crippen LogP contribution is -1.93. The molecule has 3 nitrogen and oxygen atoms in total. The maximum absolute atomic E-state index is 5.95. The van der Waals surface area contributed by atoms with Crippen molar-refractivity contribution in [1.82, 2.24) is 9.38 Å². The first-order valence-electron chi connectivity index (χ1n) is 5.13. The lowest BCUT2D eigenvalue weighted by molar-refractivity contribution is 1.16. The molecule has 2 aromatic heterocycles. The molecule has 3 heteroatoms. The third-order valence-corrected chi connectivity index (χ3v) is 2.64. The summed E-state index contributed by atoms with van der Waals surface area (Å²) < 4.78 is 2.03. The van der Waals surface area contributed by atoms with Crippen LogP contribution in [0.1, 0.15) is 0 Å². The Hall–Kier alpha value is -2.29. The van der Waals surface area contributed by atoms with Gasteiger partial charge in [-0.3, -0.25) is 4.40 Å². The first-order valence-corrected chi connectivity index (χ1v) is 5.13. The molecule has 78 valence electrons. The summed E-state index contributed by atoms with van der Waals surface area (Å²) in [6, 6.07) is 13.8. The first kappa shape index (κ1) is 8.97. The summed E-state index contributed by atoms with van der Waals surface area (Å²) in [5.41, 5.74) is 8.73. The minimum atomic E-state index is 0.749. The highest BCUT2D eigenvalue weighted by atomic mass is 15.0. The molecule has 0 saturated carbocycles. The topological polar surface area (TPSA) is 43.3 Å². The fourth-order valence-electron chi connectivity index (χ4n) is 1.84. The zero-order valence-corrected chi connectivity index (χ0v) is 8.67. The van der Waals surface area contributed by atoms with Gasteiger partial charge in [0.05, 0.1) is 11.7 Å². The van der Waals surface area contributed by atoms with Crippen molar-refractivity contribution in [3.8, 4) is 11.4 Å². The highest BCUT2D eigenvalue weighted by Crippen LogP contribution is 2.24. The van der Waals surface area contributed by atoms with Gasteiger partial charge in [-0.05, 0) is 24.3 Å². The second-order valence-corrected chi connectivity index (χ2v) is 3.66. The van der Waals surface area contributed by atoms with E-state index in [1.165, 1.54) is 0 Å². The molecule has 0 amide bonds. The third-order valence-electron chi connectivity index (χ3n) is 2.64. The molecule has 0 saturated heterocycles. The molecule has 3 aromatic rings. The lowest BCUT2D eigenvalue weighted by Gasteiger charge is -2.04. The van der Waals surface area contributed by atoms with Crippen molar-refractivity contribution in [2.45, 2.75) is 0 Å². The number of nitrogens with zero attached hydrogens (tertiary/aromatic N) is 2. The van der Waals surface area contributed by atoms with Gasteiger partial charge < -0.3 is 5.73 Å². The minimum absolute atomic E-state index is 0.749. The monoisotopic (exact) mass is 209 g/mol. The molecule has 16 heavy (non-hydrogen) atoms. The molecule has 0 aliphatic rings. The summed E-state index contributed by atoms with van der Waals surface area (Å²) in [7, 11) is 0. The van der Waals surface area contributed by atoms with Crippen LogP contribution >= 0.6 is 0 Å². The van der Waals surface area contributed by atoms with Crippen molar-refractivity contribution >= 4 is 11.2 Å². The summed E-state index contributed by atoms with van der Waals surface area (Å²) in [6.45, 7) is 0. The van der Waals surface area contributed by atoms with E-state index in [1.54, 1.807) is 0 Å². The molecule has 1 aromatic carbocycles. The maximum Gasteiger partial charge on any atom is 0.146 e. The van der Waals surface area contributed by atoms with Crippen LogP contribution in [0.4, 0.5) is 5.69 Å². The van der Waals surface area contributed by atoms with Crippen LogP contribution in [0.15, 0.2) is 54.9 Å². The Morgan fingerprint density at radius 1 is 1.00 bits per heavy atom. The third kappa shape index (κ3) is 1.26. The molecular weight excluding hydrogens is 198 g/mol. The van der Waals surface area contributed by atoms with E-state index in [4.69, 9.17) is 5.73 Å². The van der Waals surface area contributed by atoms with Crippen molar-refractivity contribution in [2.24, 2.45) is 0 Å². The fraction of sp³-hybridized carbons (Fsp3) is 0. The number of nitrogens with two attached hydrogens (primary N) is 1. The maximum atomic E-state index is 5.95. The van der Waals surface area contributed by atoms with Gasteiger partial charge in [0.2, 0.25) is 0 Å². The Bertz CT molecular complexity index is 640. The van der Waals surface area contributed by atoms with Crippen LogP contribution in [-0.4, -0.2) is 9.38 Å². The van der Waals surface area contributed by atoms with Gasteiger partial charge in [0, 0.05) is 17.4 Å². The van der Waals surface area contributed by atoms with E-state index in [9.17, 15) is 0 Å². The molecule has 0 unspecified atom stereocenters. The molecule has 0 radical (unpaired) electrons. The second kappa shape index (κ2) is 3.38. The number of benzene rings is 1. The lowest BCUT2D eigenvalue weighted by atomic mass is 10.2. The van der Waals surface area contributed by atoms with Crippen LogP contribution < -0.4 is 5.73 Å². The molecule has 0 atom stereocenters. The van der Waals surface area contributed by atoms with Gasteiger partial charge in [0.15, 0.2) is 0 Å². The normalized spacial score (nSPS) is 10.8. The molecule has 3 rings (SSSR count). The van der Waals surface area contributed by atoms with E-state index in [2.05, 4.69) is 4.98 Å². The van der Waals surface area contributed by atoms with E-state index in [1.807, 2.05) is 59.3 Å². The van der Waals surface area contributed by atoms with Crippen LogP contribution in [0.25, 0.3) is 16.9 Å². The first-order chi connectivity index (χ1) is 7.86. The number of imidazole rings is 1. The average Bonchev–Trinajstić information content (AvgIpc) is 2.74. The van der Waals surface area contributed by atoms with Crippen molar-refractivity contribution < 1.29 is 0 Å². The molecule has 0 spiro atoms. The standard InChI is InChI=1S/C13H11N3/c14-12-7-2-1-6-11(12)13-15-9-10-5-3-4-8-16(10)13/h1-9H,14H2. The number of anilines is 1. The van der Waals surface area contributed by atoms with E-state index in [0.29, 0.717) is 0 Å². The van der Waals surface area contributed by atoms with Crippen LogP contribution in [0.5, 0.6) is 0 Å². The fourth-order valence-corrected chi connectivity index (χ4v) is 1.84. The van der Waals surface area contributed by atoms with E-state index < -0.39 is 0 Å². The molecular formula is C13H11N3. The van der Waals surface area contributed by atoms with Crippen LogP contribution in [-0.2, 0) is 0 Å². The van der Waals surface area contributed by atoms with Gasteiger partial charge >= 0.3 is 0 Å². The van der Waals surface area contributed by atoms with E-state index in [-0.39, 0.29) is 0 Å². The Morgan fingerprint density at radius 2 is 1.81 bits per heavy atom. The number of fused-ring (bicyclic) bond motifs is 1. The molecule has 0 bridgehead atoms. The SMILES string of the molecule is Nc1ccccc1-c1ncc2ccccn12. The number of rotatable bonds is 1. The Labute approximate surface area is 93.2 Å². The average molecular weight is 209 g/mol. The van der Waals surface area contributed by atoms with Crippen molar-refractivity contribution in [2.75, 3.05) is 5.73 Å². The van der Waals surface area contributed by atoms with Gasteiger partial charge in [-0.1, -0.05) is 18.2 Å². The summed E-state index contributed by atoms with van der Waals surface area (Å²) in [5, 5.41) is 0. The summed E-state index contributed by atoms with van der Waals surface area (Å²) in [4.78, 5) is 4.41. The van der Waals surface area contributed by atoms with E-state index in [0.717, 1.165) is 22.6 Å². The smallest absolute Gasteiger partial charge is 0.146 e. The summed E-state index contributed by atoms with van der Waals surface area (Å²) in [5.74, 6) is 0.883. The van der Waals surface area contributed by atoms with Gasteiger partial charge in [-0.25, -0.2) is 4.98 Å². The van der Waals surface area contributed by atoms with Crippen molar-refractivity contribution in [3.63, 3.8) is 0 Å². The molecule has 2 N–H and O–H groups in total. The van der Waals surface area contributed by atoms with Gasteiger partial charge in [-0.2, -0.15) is 0 Å². The summed E-state index contributed by atoms with van der Waals surface area (Å²) in [6.07, 6.45) is 3.84. The molecule has 0 fully saturated rings.